The molecule has 2 aromatic heterocycles. The lowest BCUT2D eigenvalue weighted by atomic mass is 10.1. The second-order valence-corrected chi connectivity index (χ2v) is 6.11. The number of thiazole rings is 1. The second-order valence-electron chi connectivity index (χ2n) is 5.08. The summed E-state index contributed by atoms with van der Waals surface area (Å²) >= 11 is 1.53. The van der Waals surface area contributed by atoms with E-state index in [2.05, 4.69) is 16.0 Å². The maximum absolute atomic E-state index is 9.57. The fourth-order valence-corrected chi connectivity index (χ4v) is 3.46. The number of nitriles is 1. The van der Waals surface area contributed by atoms with Crippen LogP contribution in [-0.2, 0) is 0 Å². The molecule has 0 radical (unpaired) electrons. The molecule has 4 aromatic rings. The van der Waals surface area contributed by atoms with E-state index in [9.17, 15) is 5.26 Å². The fraction of sp³-hybridized carbons (Fsp3) is 0. The van der Waals surface area contributed by atoms with Gasteiger partial charge in [-0.1, -0.05) is 36.4 Å². The van der Waals surface area contributed by atoms with Crippen molar-refractivity contribution in [3.05, 3.63) is 71.4 Å². The lowest BCUT2D eigenvalue weighted by molar-refractivity contribution is 1.40. The highest BCUT2D eigenvalue weighted by Gasteiger charge is 2.09. The monoisotopic (exact) mass is 313 g/mol. The first-order valence-corrected chi connectivity index (χ1v) is 7.98. The van der Waals surface area contributed by atoms with Gasteiger partial charge in [0.25, 0.3) is 0 Å². The van der Waals surface area contributed by atoms with Gasteiger partial charge in [-0.05, 0) is 24.3 Å². The average Bonchev–Trinajstić information content (AvgIpc) is 3.03. The molecule has 0 aliphatic carbocycles. The number of hydrogen-bond acceptors (Lipinski definition) is 4. The van der Waals surface area contributed by atoms with E-state index in [0.717, 1.165) is 31.7 Å². The maximum Gasteiger partial charge on any atom is 0.135 e. The third kappa shape index (κ3) is 2.48. The van der Waals surface area contributed by atoms with Gasteiger partial charge in [-0.25, -0.2) is 4.98 Å². The van der Waals surface area contributed by atoms with Gasteiger partial charge in [0.05, 0.1) is 21.3 Å². The zero-order chi connectivity index (χ0) is 15.6. The Morgan fingerprint density at radius 3 is 2.78 bits per heavy atom. The van der Waals surface area contributed by atoms with E-state index in [1.165, 1.54) is 11.3 Å². The number of rotatable bonds is 2. The Morgan fingerprint density at radius 2 is 1.91 bits per heavy atom. The van der Waals surface area contributed by atoms with Gasteiger partial charge in [0.15, 0.2) is 0 Å². The zero-order valence-corrected chi connectivity index (χ0v) is 12.9. The summed E-state index contributed by atoms with van der Waals surface area (Å²) in [6, 6.07) is 20.1. The topological polar surface area (TPSA) is 49.6 Å². The Morgan fingerprint density at radius 1 is 1.04 bits per heavy atom. The SMILES string of the molecule is N#CC(=Cc1cccc2cccnc12)c1nc2ccccc2s1. The van der Waals surface area contributed by atoms with Crippen LogP contribution < -0.4 is 0 Å². The van der Waals surface area contributed by atoms with Crippen molar-refractivity contribution in [1.82, 2.24) is 9.97 Å². The molecular weight excluding hydrogens is 302 g/mol. The van der Waals surface area contributed by atoms with E-state index < -0.39 is 0 Å². The molecule has 3 nitrogen and oxygen atoms in total. The number of hydrogen-bond donors (Lipinski definition) is 0. The lowest BCUT2D eigenvalue weighted by Crippen LogP contribution is -1.85. The molecule has 0 spiro atoms. The van der Waals surface area contributed by atoms with Gasteiger partial charge in [0, 0.05) is 17.1 Å². The van der Waals surface area contributed by atoms with Crippen molar-refractivity contribution in [3.8, 4) is 6.07 Å². The van der Waals surface area contributed by atoms with Crippen molar-refractivity contribution in [1.29, 1.82) is 5.26 Å². The molecule has 4 rings (SSSR count). The normalized spacial score (nSPS) is 11.7. The number of aromatic nitrogens is 2. The van der Waals surface area contributed by atoms with Crippen molar-refractivity contribution >= 4 is 44.1 Å². The highest BCUT2D eigenvalue weighted by Crippen LogP contribution is 2.29. The molecule has 2 aromatic carbocycles. The van der Waals surface area contributed by atoms with E-state index in [0.29, 0.717) is 5.57 Å². The van der Waals surface area contributed by atoms with Gasteiger partial charge in [0.1, 0.15) is 11.1 Å². The summed E-state index contributed by atoms with van der Waals surface area (Å²) in [6.45, 7) is 0. The Hall–Kier alpha value is -3.03. The molecule has 0 aliphatic heterocycles. The van der Waals surface area contributed by atoms with Gasteiger partial charge in [-0.3, -0.25) is 4.98 Å². The molecule has 0 N–H and O–H groups in total. The summed E-state index contributed by atoms with van der Waals surface area (Å²) < 4.78 is 1.08. The Labute approximate surface area is 137 Å². The van der Waals surface area contributed by atoms with Crippen LogP contribution in [0, 0.1) is 11.3 Å². The molecule has 0 aliphatic rings. The first-order chi connectivity index (χ1) is 11.3. The Kier molecular flexibility index (Phi) is 3.34. The molecule has 0 fully saturated rings. The number of para-hydroxylation sites is 2. The lowest BCUT2D eigenvalue weighted by Gasteiger charge is -2.01. The predicted molar refractivity (Wildman–Crippen MR) is 94.8 cm³/mol. The van der Waals surface area contributed by atoms with Crippen molar-refractivity contribution in [2.24, 2.45) is 0 Å². The molecule has 23 heavy (non-hydrogen) atoms. The van der Waals surface area contributed by atoms with Gasteiger partial charge in [-0.2, -0.15) is 5.26 Å². The third-order valence-electron chi connectivity index (χ3n) is 3.61. The molecule has 0 unspecified atom stereocenters. The number of fused-ring (bicyclic) bond motifs is 2. The average molecular weight is 313 g/mol. The van der Waals surface area contributed by atoms with E-state index >= 15 is 0 Å². The smallest absolute Gasteiger partial charge is 0.135 e. The van der Waals surface area contributed by atoms with Crippen LogP contribution in [0.2, 0.25) is 0 Å². The van der Waals surface area contributed by atoms with Crippen LogP contribution in [0.25, 0.3) is 32.8 Å². The van der Waals surface area contributed by atoms with Crippen LogP contribution in [-0.4, -0.2) is 9.97 Å². The molecule has 0 saturated heterocycles. The van der Waals surface area contributed by atoms with E-state index in [4.69, 9.17) is 0 Å². The van der Waals surface area contributed by atoms with E-state index in [-0.39, 0.29) is 0 Å². The van der Waals surface area contributed by atoms with Crippen LogP contribution in [0.1, 0.15) is 10.6 Å². The van der Waals surface area contributed by atoms with Crippen LogP contribution >= 0.6 is 11.3 Å². The predicted octanol–water partition coefficient (Wildman–Crippen LogP) is 4.91. The van der Waals surface area contributed by atoms with Crippen LogP contribution in [0.4, 0.5) is 0 Å². The third-order valence-corrected chi connectivity index (χ3v) is 4.68. The van der Waals surface area contributed by atoms with Gasteiger partial charge in [0.2, 0.25) is 0 Å². The van der Waals surface area contributed by atoms with Gasteiger partial charge >= 0.3 is 0 Å². The zero-order valence-electron chi connectivity index (χ0n) is 12.1. The van der Waals surface area contributed by atoms with Crippen molar-refractivity contribution < 1.29 is 0 Å². The molecule has 0 atom stereocenters. The van der Waals surface area contributed by atoms with Crippen molar-refractivity contribution in [3.63, 3.8) is 0 Å². The quantitative estimate of drug-likeness (QED) is 0.494. The van der Waals surface area contributed by atoms with Crippen LogP contribution in [0.5, 0.6) is 0 Å². The molecule has 0 bridgehead atoms. The number of benzene rings is 2. The molecule has 0 saturated carbocycles. The van der Waals surface area contributed by atoms with Crippen LogP contribution in [0.15, 0.2) is 60.8 Å². The summed E-state index contributed by atoms with van der Waals surface area (Å²) in [6.07, 6.45) is 3.64. The molecule has 108 valence electrons. The highest BCUT2D eigenvalue weighted by molar-refractivity contribution is 7.19. The minimum atomic E-state index is 0.560. The highest BCUT2D eigenvalue weighted by atomic mass is 32.1. The van der Waals surface area contributed by atoms with E-state index in [1.807, 2.05) is 60.7 Å². The maximum atomic E-state index is 9.57. The second kappa shape index (κ2) is 5.64. The van der Waals surface area contributed by atoms with E-state index in [1.54, 1.807) is 6.20 Å². The first kappa shape index (κ1) is 13.6. The standard InChI is InChI=1S/C19H11N3S/c20-12-15(19-22-16-8-1-2-9-17(16)23-19)11-14-6-3-5-13-7-4-10-21-18(13)14/h1-11H. The first-order valence-electron chi connectivity index (χ1n) is 7.16. The van der Waals surface area contributed by atoms with Crippen molar-refractivity contribution in [2.45, 2.75) is 0 Å². The molecule has 4 heteroatoms. The number of pyridine rings is 1. The summed E-state index contributed by atoms with van der Waals surface area (Å²) in [5.41, 5.74) is 3.30. The molecule has 2 heterocycles. The van der Waals surface area contributed by atoms with Crippen molar-refractivity contribution in [2.75, 3.05) is 0 Å². The Bertz CT molecular complexity index is 1050. The molecule has 0 amide bonds. The van der Waals surface area contributed by atoms with Gasteiger partial charge in [-0.15, -0.1) is 11.3 Å². The number of allylic oxidation sites excluding steroid dienone is 1. The number of nitrogens with zero attached hydrogens (tertiary/aromatic N) is 3. The minimum Gasteiger partial charge on any atom is -0.256 e. The minimum absolute atomic E-state index is 0.560. The Balaban J connectivity index is 1.88. The molecular formula is C19H11N3S. The fourth-order valence-electron chi connectivity index (χ4n) is 2.53. The van der Waals surface area contributed by atoms with Gasteiger partial charge < -0.3 is 0 Å². The summed E-state index contributed by atoms with van der Waals surface area (Å²) in [5.74, 6) is 0. The summed E-state index contributed by atoms with van der Waals surface area (Å²) in [7, 11) is 0. The van der Waals surface area contributed by atoms with Crippen LogP contribution in [0.3, 0.4) is 0 Å². The summed E-state index contributed by atoms with van der Waals surface area (Å²) in [5, 5.41) is 11.4. The largest absolute Gasteiger partial charge is 0.256 e. The summed E-state index contributed by atoms with van der Waals surface area (Å²) in [4.78, 5) is 9.00.